The van der Waals surface area contributed by atoms with Gasteiger partial charge in [-0.25, -0.2) is 0 Å². The second kappa shape index (κ2) is 17.0. The van der Waals surface area contributed by atoms with Crippen molar-refractivity contribution < 1.29 is 4.79 Å². The van der Waals surface area contributed by atoms with Crippen molar-refractivity contribution >= 4 is 5.78 Å². The van der Waals surface area contributed by atoms with E-state index in [0.717, 1.165) is 114 Å². The maximum absolute atomic E-state index is 15.2. The first-order valence-corrected chi connectivity index (χ1v) is 18.9. The highest BCUT2D eigenvalue weighted by molar-refractivity contribution is 5.90. The number of Topliss-reactive ketones (excluding diaryl/α,β-unsaturated/α-hetero) is 1. The summed E-state index contributed by atoms with van der Waals surface area (Å²) in [6, 6.07) is -0.00427. The summed E-state index contributed by atoms with van der Waals surface area (Å²) >= 11 is 0. The summed E-state index contributed by atoms with van der Waals surface area (Å²) < 4.78 is 0. The lowest BCUT2D eigenvalue weighted by Gasteiger charge is -2.43. The van der Waals surface area contributed by atoms with Gasteiger partial charge in [0.15, 0.2) is 5.78 Å². The van der Waals surface area contributed by atoms with Gasteiger partial charge >= 0.3 is 0 Å². The maximum atomic E-state index is 15.2. The fourth-order valence-electron chi connectivity index (χ4n) is 8.07. The van der Waals surface area contributed by atoms with Gasteiger partial charge in [-0.15, -0.1) is 0 Å². The van der Waals surface area contributed by atoms with Crippen LogP contribution in [0.1, 0.15) is 101 Å². The molecule has 0 spiro atoms. The van der Waals surface area contributed by atoms with Gasteiger partial charge in [-0.1, -0.05) is 12.8 Å². The van der Waals surface area contributed by atoms with Crippen molar-refractivity contribution in [2.75, 3.05) is 78.5 Å². The van der Waals surface area contributed by atoms with Gasteiger partial charge in [-0.05, 0) is 79.6 Å². The molecule has 48 heavy (non-hydrogen) atoms. The Bertz CT molecular complexity index is 1160. The maximum Gasteiger partial charge on any atom is 0.179 e. The van der Waals surface area contributed by atoms with Gasteiger partial charge in [0.1, 0.15) is 12.1 Å². The second-order valence-corrected chi connectivity index (χ2v) is 15.1. The van der Waals surface area contributed by atoms with Crippen molar-refractivity contribution in [2.24, 2.45) is 0 Å². The fraction of sp³-hybridized carbons (Fsp3) is 0.757. The molecule has 6 rings (SSSR count). The minimum absolute atomic E-state index is 0.141. The van der Waals surface area contributed by atoms with Crippen molar-refractivity contribution in [1.82, 2.24) is 49.3 Å². The number of hydrogen-bond acceptors (Lipinski definition) is 11. The molecule has 0 amide bonds. The number of piperazine rings is 2. The molecule has 0 aromatic carbocycles. The summed E-state index contributed by atoms with van der Waals surface area (Å²) in [5.74, 6) is 0.141. The van der Waals surface area contributed by atoms with Crippen LogP contribution in [0.2, 0.25) is 0 Å². The number of piperidine rings is 2. The number of rotatable bonds is 12. The summed E-state index contributed by atoms with van der Waals surface area (Å²) in [5, 5.41) is 0. The van der Waals surface area contributed by atoms with E-state index in [1.165, 1.54) is 38.5 Å². The van der Waals surface area contributed by atoms with E-state index in [9.17, 15) is 0 Å². The van der Waals surface area contributed by atoms with E-state index in [-0.39, 0.29) is 5.78 Å². The Hall–Kier alpha value is -2.41. The van der Waals surface area contributed by atoms with Gasteiger partial charge in [-0.2, -0.15) is 0 Å². The molecule has 2 atom stereocenters. The molecule has 11 nitrogen and oxygen atoms in total. The lowest BCUT2D eigenvalue weighted by atomic mass is 9.95. The molecule has 0 radical (unpaired) electrons. The number of likely N-dealkylation sites (tertiary alicyclic amines) is 2. The lowest BCUT2D eigenvalue weighted by Crippen LogP contribution is -2.55. The zero-order chi connectivity index (χ0) is 33.5. The van der Waals surface area contributed by atoms with Gasteiger partial charge in [0.25, 0.3) is 0 Å². The van der Waals surface area contributed by atoms with Crippen LogP contribution in [-0.2, 0) is 17.9 Å². The van der Waals surface area contributed by atoms with Gasteiger partial charge in [0.2, 0.25) is 0 Å². The SMILES string of the molecule is CC(C)N1CCN(C(C(=O)C(c2cnc(CN3CCCCC3)cn2)N2CCN(C(C)C)CC2)c2cnc(CN3CCCCC3)cn2)CC1. The predicted octanol–water partition coefficient (Wildman–Crippen LogP) is 3.64. The van der Waals surface area contributed by atoms with Crippen molar-refractivity contribution in [1.29, 1.82) is 0 Å². The zero-order valence-corrected chi connectivity index (χ0v) is 30.1. The van der Waals surface area contributed by atoms with Crippen LogP contribution in [0.5, 0.6) is 0 Å². The molecule has 2 aromatic rings. The summed E-state index contributed by atoms with van der Waals surface area (Å²) in [7, 11) is 0. The average Bonchev–Trinajstić information content (AvgIpc) is 3.11. The van der Waals surface area contributed by atoms with Crippen LogP contribution in [0, 0.1) is 0 Å². The van der Waals surface area contributed by atoms with E-state index in [2.05, 4.69) is 57.1 Å². The Labute approximate surface area is 289 Å². The van der Waals surface area contributed by atoms with E-state index in [1.807, 2.05) is 24.8 Å². The Kier molecular flexibility index (Phi) is 12.5. The van der Waals surface area contributed by atoms with Crippen molar-refractivity contribution in [3.05, 3.63) is 47.6 Å². The number of aromatic nitrogens is 4. The van der Waals surface area contributed by atoms with Crippen LogP contribution in [0.4, 0.5) is 0 Å². The molecular formula is C37H60N10O. The monoisotopic (exact) mass is 660 g/mol. The van der Waals surface area contributed by atoms with Crippen LogP contribution in [0.25, 0.3) is 0 Å². The van der Waals surface area contributed by atoms with Gasteiger partial charge in [0.05, 0.1) is 47.6 Å². The minimum Gasteiger partial charge on any atom is -0.298 e. The molecule has 6 heterocycles. The largest absolute Gasteiger partial charge is 0.298 e. The molecule has 2 aromatic heterocycles. The Balaban J connectivity index is 1.28. The highest BCUT2D eigenvalue weighted by Gasteiger charge is 2.41. The molecule has 0 bridgehead atoms. The third-order valence-corrected chi connectivity index (χ3v) is 11.1. The van der Waals surface area contributed by atoms with E-state index in [1.54, 1.807) is 0 Å². The second-order valence-electron chi connectivity index (χ2n) is 15.1. The minimum atomic E-state index is -0.487. The van der Waals surface area contributed by atoms with Crippen LogP contribution < -0.4 is 0 Å². The Morgan fingerprint density at radius 2 is 0.854 bits per heavy atom. The van der Waals surface area contributed by atoms with Gasteiger partial charge in [0, 0.05) is 77.5 Å². The summed E-state index contributed by atoms with van der Waals surface area (Å²) in [5.41, 5.74) is 3.46. The third kappa shape index (κ3) is 9.03. The number of carbonyl (C=O) groups excluding carboxylic acids is 1. The van der Waals surface area contributed by atoms with Crippen LogP contribution >= 0.6 is 0 Å². The molecule has 0 saturated carbocycles. The van der Waals surface area contributed by atoms with E-state index in [4.69, 9.17) is 19.9 Å². The Morgan fingerprint density at radius 3 is 1.17 bits per heavy atom. The molecule has 11 heteroatoms. The predicted molar refractivity (Wildman–Crippen MR) is 189 cm³/mol. The molecule has 4 saturated heterocycles. The molecule has 264 valence electrons. The number of carbonyl (C=O) groups is 1. The zero-order valence-electron chi connectivity index (χ0n) is 30.1. The number of hydrogen-bond donors (Lipinski definition) is 0. The van der Waals surface area contributed by atoms with E-state index >= 15 is 4.79 Å². The van der Waals surface area contributed by atoms with E-state index < -0.39 is 12.1 Å². The number of ketones is 1. The normalized spacial score (nSPS) is 23.1. The van der Waals surface area contributed by atoms with Crippen molar-refractivity contribution in [3.63, 3.8) is 0 Å². The molecule has 4 aliphatic rings. The van der Waals surface area contributed by atoms with Crippen LogP contribution in [0.15, 0.2) is 24.8 Å². The Morgan fingerprint density at radius 1 is 0.500 bits per heavy atom. The molecule has 4 fully saturated rings. The topological polar surface area (TPSA) is 88.1 Å². The molecular weight excluding hydrogens is 600 g/mol. The third-order valence-electron chi connectivity index (χ3n) is 11.1. The van der Waals surface area contributed by atoms with Gasteiger partial charge < -0.3 is 0 Å². The molecule has 2 unspecified atom stereocenters. The molecule has 0 aliphatic carbocycles. The fourth-order valence-corrected chi connectivity index (χ4v) is 8.07. The number of nitrogens with zero attached hydrogens (tertiary/aromatic N) is 10. The van der Waals surface area contributed by atoms with Crippen LogP contribution in [0.3, 0.4) is 0 Å². The van der Waals surface area contributed by atoms with Crippen LogP contribution in [-0.4, -0.2) is 146 Å². The van der Waals surface area contributed by atoms with Crippen molar-refractivity contribution in [2.45, 2.75) is 103 Å². The first-order valence-electron chi connectivity index (χ1n) is 18.9. The van der Waals surface area contributed by atoms with Crippen molar-refractivity contribution in [3.8, 4) is 0 Å². The van der Waals surface area contributed by atoms with Gasteiger partial charge in [-0.3, -0.25) is 54.1 Å². The smallest absolute Gasteiger partial charge is 0.179 e. The first kappa shape index (κ1) is 35.4. The highest BCUT2D eigenvalue weighted by Crippen LogP contribution is 2.32. The standard InChI is InChI=1S/C37H60N10O/c1-29(2)44-15-19-46(20-16-44)35(33-25-38-31(23-40-33)27-42-11-7-5-8-12-42)37(48)36(47-21-17-45(18-22-47)30(3)4)34-26-39-32(24-41-34)28-43-13-9-6-10-14-43/h23-26,29-30,35-36H,5-22,27-28H2,1-4H3. The summed E-state index contributed by atoms with van der Waals surface area (Å²) in [6.07, 6.45) is 15.2. The quantitative estimate of drug-likeness (QED) is 0.335. The summed E-state index contributed by atoms with van der Waals surface area (Å²) in [6.45, 7) is 22.2. The molecule has 4 aliphatic heterocycles. The highest BCUT2D eigenvalue weighted by atomic mass is 16.1. The first-order chi connectivity index (χ1) is 23.4. The van der Waals surface area contributed by atoms with E-state index in [0.29, 0.717) is 12.1 Å². The average molecular weight is 661 g/mol. The summed E-state index contributed by atoms with van der Waals surface area (Å²) in [4.78, 5) is 49.7. The molecule has 0 N–H and O–H groups in total. The lowest BCUT2D eigenvalue weighted by molar-refractivity contribution is -0.132.